The second-order valence-electron chi connectivity index (χ2n) is 5.55. The van der Waals surface area contributed by atoms with Crippen LogP contribution in [0.4, 0.5) is 0 Å². The average Bonchev–Trinajstić information content (AvgIpc) is 3.07. The Morgan fingerprint density at radius 2 is 1.00 bits per heavy atom. The van der Waals surface area contributed by atoms with Crippen LogP contribution in [0.2, 0.25) is 0 Å². The molecule has 5 rings (SSSR count). The molecule has 0 atom stereocenters. The van der Waals surface area contributed by atoms with Crippen LogP contribution in [-0.4, -0.2) is 9.97 Å². The van der Waals surface area contributed by atoms with Crippen LogP contribution in [0, 0.1) is 13.8 Å². The number of rotatable bonds is 0. The third kappa shape index (κ3) is 1.59. The van der Waals surface area contributed by atoms with Gasteiger partial charge in [-0.1, -0.05) is 24.3 Å². The van der Waals surface area contributed by atoms with E-state index in [1.54, 1.807) is 22.7 Å². The van der Waals surface area contributed by atoms with Gasteiger partial charge in [0.05, 0.1) is 30.4 Å². The molecule has 0 saturated heterocycles. The predicted molar refractivity (Wildman–Crippen MR) is 97.3 cm³/mol. The van der Waals surface area contributed by atoms with E-state index in [4.69, 9.17) is 0 Å². The summed E-state index contributed by atoms with van der Waals surface area (Å²) in [6.07, 6.45) is 0. The molecule has 0 saturated carbocycles. The molecule has 5 aromatic rings. The van der Waals surface area contributed by atoms with Crippen molar-refractivity contribution >= 4 is 64.7 Å². The number of thiazole rings is 2. The van der Waals surface area contributed by atoms with E-state index >= 15 is 0 Å². The largest absolute Gasteiger partial charge is 0.241 e. The summed E-state index contributed by atoms with van der Waals surface area (Å²) in [5.41, 5.74) is 2.20. The fraction of sp³-hybridized carbons (Fsp3) is 0.111. The first-order chi connectivity index (χ1) is 10.7. The van der Waals surface area contributed by atoms with Gasteiger partial charge in [0.25, 0.3) is 0 Å². The van der Waals surface area contributed by atoms with E-state index in [0.29, 0.717) is 0 Å². The summed E-state index contributed by atoms with van der Waals surface area (Å²) in [6.45, 7) is 4.14. The Bertz CT molecular complexity index is 1100. The summed E-state index contributed by atoms with van der Waals surface area (Å²) >= 11 is 3.55. The molecule has 0 amide bonds. The molecule has 0 radical (unpaired) electrons. The number of aryl methyl sites for hydroxylation is 2. The zero-order valence-electron chi connectivity index (χ0n) is 12.2. The van der Waals surface area contributed by atoms with Crippen molar-refractivity contribution in [3.05, 3.63) is 46.4 Å². The second-order valence-corrected chi connectivity index (χ2v) is 7.96. The Labute approximate surface area is 135 Å². The maximum Gasteiger partial charge on any atom is 0.0907 e. The maximum absolute atomic E-state index is 4.61. The minimum atomic E-state index is 1.10. The topological polar surface area (TPSA) is 25.8 Å². The lowest BCUT2D eigenvalue weighted by atomic mass is 10.0. The van der Waals surface area contributed by atoms with Gasteiger partial charge >= 0.3 is 0 Å². The lowest BCUT2D eigenvalue weighted by Gasteiger charge is -2.05. The van der Waals surface area contributed by atoms with Crippen molar-refractivity contribution in [2.45, 2.75) is 13.8 Å². The van der Waals surface area contributed by atoms with Gasteiger partial charge in [-0.15, -0.1) is 22.7 Å². The molecule has 0 fully saturated rings. The van der Waals surface area contributed by atoms with Crippen LogP contribution in [0.15, 0.2) is 36.4 Å². The van der Waals surface area contributed by atoms with E-state index in [0.717, 1.165) is 21.0 Å². The van der Waals surface area contributed by atoms with Gasteiger partial charge in [0.2, 0.25) is 0 Å². The molecule has 0 N–H and O–H groups in total. The van der Waals surface area contributed by atoms with Crippen molar-refractivity contribution in [1.29, 1.82) is 0 Å². The van der Waals surface area contributed by atoms with Gasteiger partial charge < -0.3 is 0 Å². The van der Waals surface area contributed by atoms with Gasteiger partial charge in [0.1, 0.15) is 0 Å². The van der Waals surface area contributed by atoms with Crippen LogP contribution in [0.1, 0.15) is 10.0 Å². The van der Waals surface area contributed by atoms with Crippen molar-refractivity contribution in [1.82, 2.24) is 9.97 Å². The highest BCUT2D eigenvalue weighted by molar-refractivity contribution is 7.20. The quantitative estimate of drug-likeness (QED) is 0.335. The van der Waals surface area contributed by atoms with Crippen molar-refractivity contribution < 1.29 is 0 Å². The molecule has 2 heterocycles. The number of nitrogens with zero attached hydrogens (tertiary/aromatic N) is 2. The minimum Gasteiger partial charge on any atom is -0.241 e. The number of hydrogen-bond acceptors (Lipinski definition) is 4. The van der Waals surface area contributed by atoms with E-state index in [1.807, 2.05) is 0 Å². The van der Waals surface area contributed by atoms with Crippen LogP contribution in [0.3, 0.4) is 0 Å². The minimum absolute atomic E-state index is 1.10. The molecule has 4 heteroatoms. The molecule has 0 unspecified atom stereocenters. The Morgan fingerprint density at radius 3 is 1.45 bits per heavy atom. The summed E-state index contributed by atoms with van der Waals surface area (Å²) < 4.78 is 2.58. The van der Waals surface area contributed by atoms with Gasteiger partial charge in [-0.25, -0.2) is 9.97 Å². The molecule has 0 aliphatic rings. The van der Waals surface area contributed by atoms with E-state index in [2.05, 4.69) is 60.2 Å². The van der Waals surface area contributed by atoms with Crippen molar-refractivity contribution in [3.63, 3.8) is 0 Å². The van der Waals surface area contributed by atoms with E-state index in [1.165, 1.54) is 30.9 Å². The zero-order valence-corrected chi connectivity index (χ0v) is 13.8. The standard InChI is InChI=1S/C18H12N2S2/c1-9-19-15-7-5-11-12-6-8-16-18(22-10(2)20-16)14(12)4-3-13(11)17(15)21-9/h3-8H,1-2H3. The second kappa shape index (κ2) is 4.24. The summed E-state index contributed by atoms with van der Waals surface area (Å²) in [5, 5.41) is 7.46. The van der Waals surface area contributed by atoms with Crippen LogP contribution < -0.4 is 0 Å². The van der Waals surface area contributed by atoms with Crippen molar-refractivity contribution in [2.75, 3.05) is 0 Å². The first-order valence-corrected chi connectivity index (χ1v) is 8.83. The van der Waals surface area contributed by atoms with E-state index < -0.39 is 0 Å². The van der Waals surface area contributed by atoms with Crippen molar-refractivity contribution in [2.24, 2.45) is 0 Å². The Morgan fingerprint density at radius 1 is 0.591 bits per heavy atom. The van der Waals surface area contributed by atoms with E-state index in [-0.39, 0.29) is 0 Å². The van der Waals surface area contributed by atoms with Gasteiger partial charge in [0, 0.05) is 10.8 Å². The highest BCUT2D eigenvalue weighted by Gasteiger charge is 2.11. The molecule has 0 aliphatic carbocycles. The lowest BCUT2D eigenvalue weighted by molar-refractivity contribution is 1.35. The number of aromatic nitrogens is 2. The first-order valence-electron chi connectivity index (χ1n) is 7.19. The highest BCUT2D eigenvalue weighted by Crippen LogP contribution is 2.37. The van der Waals surface area contributed by atoms with Crippen LogP contribution in [0.5, 0.6) is 0 Å². The Hall–Kier alpha value is -2.04. The SMILES string of the molecule is Cc1nc2ccc3c4ccc5nc(C)sc5c4ccc3c2s1. The molecule has 0 aliphatic heterocycles. The molecule has 2 aromatic heterocycles. The fourth-order valence-electron chi connectivity index (χ4n) is 3.21. The molecular weight excluding hydrogens is 308 g/mol. The first kappa shape index (κ1) is 12.5. The third-order valence-electron chi connectivity index (χ3n) is 4.11. The third-order valence-corrected chi connectivity index (χ3v) is 6.15. The summed E-state index contributed by atoms with van der Waals surface area (Å²) in [7, 11) is 0. The number of hydrogen-bond donors (Lipinski definition) is 0. The molecule has 2 nitrogen and oxygen atoms in total. The zero-order chi connectivity index (χ0) is 14.8. The van der Waals surface area contributed by atoms with Gasteiger partial charge in [-0.3, -0.25) is 0 Å². The highest BCUT2D eigenvalue weighted by atomic mass is 32.1. The summed E-state index contributed by atoms with van der Waals surface area (Å²) in [6, 6.07) is 13.2. The van der Waals surface area contributed by atoms with Gasteiger partial charge in [0.15, 0.2) is 0 Å². The molecule has 3 aromatic carbocycles. The molecule has 22 heavy (non-hydrogen) atoms. The summed E-state index contributed by atoms with van der Waals surface area (Å²) in [4.78, 5) is 9.21. The molecule has 106 valence electrons. The van der Waals surface area contributed by atoms with Gasteiger partial charge in [-0.05, 0) is 36.8 Å². The number of fused-ring (bicyclic) bond motifs is 7. The summed E-state index contributed by atoms with van der Waals surface area (Å²) in [5.74, 6) is 0. The monoisotopic (exact) mass is 320 g/mol. The van der Waals surface area contributed by atoms with Crippen LogP contribution >= 0.6 is 22.7 Å². The van der Waals surface area contributed by atoms with Crippen molar-refractivity contribution in [3.8, 4) is 0 Å². The smallest absolute Gasteiger partial charge is 0.0907 e. The fourth-order valence-corrected chi connectivity index (χ4v) is 5.11. The normalized spacial score (nSPS) is 12.1. The average molecular weight is 320 g/mol. The predicted octanol–water partition coefficient (Wildman–Crippen LogP) is 5.83. The molecular formula is C18H12N2S2. The van der Waals surface area contributed by atoms with Crippen LogP contribution in [0.25, 0.3) is 42.0 Å². The van der Waals surface area contributed by atoms with Gasteiger partial charge in [-0.2, -0.15) is 0 Å². The molecule has 0 spiro atoms. The Kier molecular flexibility index (Phi) is 2.41. The van der Waals surface area contributed by atoms with Crippen LogP contribution in [-0.2, 0) is 0 Å². The van der Waals surface area contributed by atoms with E-state index in [9.17, 15) is 0 Å². The molecule has 0 bridgehead atoms. The lowest BCUT2D eigenvalue weighted by Crippen LogP contribution is -1.79. The maximum atomic E-state index is 4.61. The number of benzene rings is 3. The Balaban J connectivity index is 2.03.